The van der Waals surface area contributed by atoms with Crippen molar-refractivity contribution in [2.75, 3.05) is 0 Å². The van der Waals surface area contributed by atoms with E-state index in [1.165, 1.54) is 5.56 Å². The molecule has 1 aliphatic heterocycles. The smallest absolute Gasteiger partial charge is 0.0916 e. The second-order valence-corrected chi connectivity index (χ2v) is 4.06. The van der Waals surface area contributed by atoms with E-state index in [-0.39, 0.29) is 6.04 Å². The fraction of sp³-hybridized carbons (Fsp3) is 0.143. The number of aromatic nitrogens is 1. The Balaban J connectivity index is 1.78. The second kappa shape index (κ2) is 4.37. The number of benzene rings is 1. The molecule has 3 rings (SSSR count). The summed E-state index contributed by atoms with van der Waals surface area (Å²) in [7, 11) is 0. The van der Waals surface area contributed by atoms with Crippen molar-refractivity contribution in [3.05, 3.63) is 66.0 Å². The molecule has 1 atom stereocenters. The topological polar surface area (TPSA) is 37.3 Å². The first-order chi connectivity index (χ1) is 8.43. The predicted molar refractivity (Wildman–Crippen MR) is 67.7 cm³/mol. The molecule has 3 heteroatoms. The average molecular weight is 223 g/mol. The van der Waals surface area contributed by atoms with E-state index in [1.54, 1.807) is 0 Å². The zero-order chi connectivity index (χ0) is 11.5. The molecule has 1 aromatic carbocycles. The summed E-state index contributed by atoms with van der Waals surface area (Å²) >= 11 is 0. The van der Waals surface area contributed by atoms with Crippen LogP contribution in [0.2, 0.25) is 0 Å². The lowest BCUT2D eigenvalue weighted by atomic mass is 10.0. The lowest BCUT2D eigenvalue weighted by Gasteiger charge is -2.07. The molecule has 0 radical (unpaired) electrons. The van der Waals surface area contributed by atoms with Gasteiger partial charge in [0.2, 0.25) is 0 Å². The van der Waals surface area contributed by atoms with Crippen LogP contribution in [0.3, 0.4) is 0 Å². The van der Waals surface area contributed by atoms with Crippen molar-refractivity contribution in [1.82, 2.24) is 10.4 Å². The minimum absolute atomic E-state index is 0.200. The normalized spacial score (nSPS) is 18.6. The van der Waals surface area contributed by atoms with Crippen LogP contribution < -0.4 is 5.43 Å². The van der Waals surface area contributed by atoms with Crippen molar-refractivity contribution in [1.29, 1.82) is 0 Å². The predicted octanol–water partition coefficient (Wildman–Crippen LogP) is 2.52. The Hall–Kier alpha value is -2.16. The van der Waals surface area contributed by atoms with Crippen molar-refractivity contribution in [2.45, 2.75) is 12.5 Å². The van der Waals surface area contributed by atoms with Gasteiger partial charge < -0.3 is 5.43 Å². The van der Waals surface area contributed by atoms with E-state index in [4.69, 9.17) is 0 Å². The Bertz CT molecular complexity index is 520. The third-order valence-electron chi connectivity index (χ3n) is 2.90. The summed E-state index contributed by atoms with van der Waals surface area (Å²) in [6.45, 7) is 0. The highest BCUT2D eigenvalue weighted by molar-refractivity contribution is 6.01. The van der Waals surface area contributed by atoms with Crippen molar-refractivity contribution in [3.63, 3.8) is 0 Å². The maximum atomic E-state index is 4.39. The number of hydrogen-bond acceptors (Lipinski definition) is 3. The monoisotopic (exact) mass is 223 g/mol. The lowest BCUT2D eigenvalue weighted by molar-refractivity contribution is 0.603. The molecule has 1 aliphatic rings. The molecule has 2 heterocycles. The highest BCUT2D eigenvalue weighted by atomic mass is 15.3. The molecule has 0 saturated carbocycles. The minimum atomic E-state index is 0.200. The lowest BCUT2D eigenvalue weighted by Crippen LogP contribution is -2.11. The van der Waals surface area contributed by atoms with Crippen LogP contribution in [0.1, 0.15) is 23.7 Å². The van der Waals surface area contributed by atoms with Crippen LogP contribution in [0.25, 0.3) is 0 Å². The van der Waals surface area contributed by atoms with Crippen LogP contribution in [0.5, 0.6) is 0 Å². The maximum Gasteiger partial charge on any atom is 0.0916 e. The van der Waals surface area contributed by atoms with Gasteiger partial charge in [0.1, 0.15) is 0 Å². The highest BCUT2D eigenvalue weighted by Crippen LogP contribution is 2.22. The number of hydrazone groups is 1. The van der Waals surface area contributed by atoms with Gasteiger partial charge in [0.25, 0.3) is 0 Å². The number of nitrogens with one attached hydrogen (secondary N) is 1. The zero-order valence-electron chi connectivity index (χ0n) is 9.38. The van der Waals surface area contributed by atoms with E-state index >= 15 is 0 Å². The van der Waals surface area contributed by atoms with Gasteiger partial charge in [-0.1, -0.05) is 36.4 Å². The van der Waals surface area contributed by atoms with Crippen LogP contribution >= 0.6 is 0 Å². The Morgan fingerprint density at radius 1 is 1.00 bits per heavy atom. The van der Waals surface area contributed by atoms with E-state index < -0.39 is 0 Å². The summed E-state index contributed by atoms with van der Waals surface area (Å²) in [5, 5.41) is 4.39. The highest BCUT2D eigenvalue weighted by Gasteiger charge is 2.21. The molecule has 0 aliphatic carbocycles. The number of nitrogens with zero attached hydrogens (tertiary/aromatic N) is 2. The number of pyridine rings is 1. The molecule has 0 spiro atoms. The third kappa shape index (κ3) is 2.04. The number of rotatable bonds is 2. The molecular formula is C14H13N3. The fourth-order valence-electron chi connectivity index (χ4n) is 2.01. The van der Waals surface area contributed by atoms with Crippen molar-refractivity contribution in [2.24, 2.45) is 5.10 Å². The Morgan fingerprint density at radius 2 is 1.82 bits per heavy atom. The largest absolute Gasteiger partial charge is 0.300 e. The Kier molecular flexibility index (Phi) is 2.58. The first-order valence-corrected chi connectivity index (χ1v) is 5.72. The van der Waals surface area contributed by atoms with E-state index in [0.717, 1.165) is 17.8 Å². The zero-order valence-corrected chi connectivity index (χ0v) is 9.38. The fourth-order valence-corrected chi connectivity index (χ4v) is 2.01. The van der Waals surface area contributed by atoms with Gasteiger partial charge >= 0.3 is 0 Å². The summed E-state index contributed by atoms with van der Waals surface area (Å²) in [5.41, 5.74) is 6.47. The van der Waals surface area contributed by atoms with Gasteiger partial charge in [0, 0.05) is 12.6 Å². The summed E-state index contributed by atoms with van der Waals surface area (Å²) in [4.78, 5) is 4.35. The molecule has 0 amide bonds. The minimum Gasteiger partial charge on any atom is -0.300 e. The van der Waals surface area contributed by atoms with Gasteiger partial charge in [-0.2, -0.15) is 5.10 Å². The summed E-state index contributed by atoms with van der Waals surface area (Å²) in [6.07, 6.45) is 2.71. The first-order valence-electron chi connectivity index (χ1n) is 5.72. The quantitative estimate of drug-likeness (QED) is 0.849. The van der Waals surface area contributed by atoms with E-state index in [0.29, 0.717) is 0 Å². The van der Waals surface area contributed by atoms with Crippen LogP contribution in [0, 0.1) is 0 Å². The van der Waals surface area contributed by atoms with E-state index in [9.17, 15) is 0 Å². The Morgan fingerprint density at radius 3 is 2.59 bits per heavy atom. The first kappa shape index (κ1) is 10.0. The number of hydrogen-bond donors (Lipinski definition) is 1. The van der Waals surface area contributed by atoms with Gasteiger partial charge in [-0.25, -0.2) is 0 Å². The van der Waals surface area contributed by atoms with Gasteiger partial charge in [0.15, 0.2) is 0 Å². The van der Waals surface area contributed by atoms with Crippen LogP contribution in [0.4, 0.5) is 0 Å². The molecule has 3 nitrogen and oxygen atoms in total. The van der Waals surface area contributed by atoms with Crippen LogP contribution in [-0.2, 0) is 0 Å². The van der Waals surface area contributed by atoms with E-state index in [2.05, 4.69) is 27.6 Å². The molecule has 1 aromatic heterocycles. The SMILES string of the molecule is c1ccc(C2=NNC(c3ccccn3)C2)cc1. The molecule has 17 heavy (non-hydrogen) atoms. The van der Waals surface area contributed by atoms with E-state index in [1.807, 2.05) is 42.6 Å². The molecule has 1 N–H and O–H groups in total. The molecule has 2 aromatic rings. The molecule has 84 valence electrons. The van der Waals surface area contributed by atoms with Crippen LogP contribution in [0.15, 0.2) is 59.8 Å². The van der Waals surface area contributed by atoms with Gasteiger partial charge in [0.05, 0.1) is 17.4 Å². The molecule has 0 bridgehead atoms. The summed E-state index contributed by atoms with van der Waals surface area (Å²) in [5.74, 6) is 0. The van der Waals surface area contributed by atoms with Gasteiger partial charge in [-0.15, -0.1) is 0 Å². The van der Waals surface area contributed by atoms with Gasteiger partial charge in [-0.05, 0) is 17.7 Å². The molecule has 1 unspecified atom stereocenters. The van der Waals surface area contributed by atoms with Crippen molar-refractivity contribution in [3.8, 4) is 0 Å². The third-order valence-corrected chi connectivity index (χ3v) is 2.90. The van der Waals surface area contributed by atoms with Gasteiger partial charge in [-0.3, -0.25) is 4.98 Å². The Labute approximate surface area is 100 Å². The van der Waals surface area contributed by atoms with Crippen molar-refractivity contribution >= 4 is 5.71 Å². The molecular weight excluding hydrogens is 210 g/mol. The average Bonchev–Trinajstić information content (AvgIpc) is 2.90. The summed E-state index contributed by atoms with van der Waals surface area (Å²) < 4.78 is 0. The maximum absolute atomic E-state index is 4.39. The van der Waals surface area contributed by atoms with Crippen molar-refractivity contribution < 1.29 is 0 Å². The van der Waals surface area contributed by atoms with Crippen LogP contribution in [-0.4, -0.2) is 10.7 Å². The second-order valence-electron chi connectivity index (χ2n) is 4.06. The molecule has 0 saturated heterocycles. The molecule has 0 fully saturated rings. The standard InChI is InChI=1S/C14H13N3/c1-2-6-11(7-3-1)13-10-14(17-16-13)12-8-4-5-9-15-12/h1-9,14,17H,10H2. The summed E-state index contributed by atoms with van der Waals surface area (Å²) in [6, 6.07) is 16.4.